The molecule has 0 aliphatic rings. The van der Waals surface area contributed by atoms with Crippen molar-refractivity contribution < 1.29 is 18.3 Å². The maximum Gasteiger partial charge on any atom is 0.407 e. The lowest BCUT2D eigenvalue weighted by atomic mass is 10.1. The van der Waals surface area contributed by atoms with Gasteiger partial charge in [-0.25, -0.2) is 0 Å². The molecule has 0 aromatic carbocycles. The van der Waals surface area contributed by atoms with Crippen molar-refractivity contribution in [3.05, 3.63) is 69.5 Å². The fourth-order valence-electron chi connectivity index (χ4n) is 3.34. The summed E-state index contributed by atoms with van der Waals surface area (Å²) in [6, 6.07) is 0. The number of hydrogen-bond donors (Lipinski definition) is 0. The Morgan fingerprint density at radius 1 is 0.519 bits per heavy atom. The van der Waals surface area contributed by atoms with E-state index in [0.717, 1.165) is 33.1 Å². The van der Waals surface area contributed by atoms with Crippen molar-refractivity contribution in [2.75, 3.05) is 28.4 Å². The van der Waals surface area contributed by atoms with Crippen LogP contribution in [0.15, 0.2) is 69.5 Å². The average molecular weight is 393 g/mol. The van der Waals surface area contributed by atoms with Crippen LogP contribution in [0.3, 0.4) is 0 Å². The van der Waals surface area contributed by atoms with Gasteiger partial charge in [-0.2, -0.15) is 0 Å². The largest absolute Gasteiger partial charge is 0.496 e. The van der Waals surface area contributed by atoms with Crippen LogP contribution in [0.4, 0.5) is 0 Å². The minimum atomic E-state index is -3.02. The molecule has 0 unspecified atom stereocenters. The number of allylic oxidation sites excluding steroid dienone is 8. The van der Waals surface area contributed by atoms with Crippen LogP contribution in [-0.4, -0.2) is 37.0 Å². The van der Waals surface area contributed by atoms with Crippen molar-refractivity contribution in [2.24, 2.45) is 0 Å². The van der Waals surface area contributed by atoms with E-state index in [1.165, 1.54) is 0 Å². The third-order valence-electron chi connectivity index (χ3n) is 4.51. The summed E-state index contributed by atoms with van der Waals surface area (Å²) in [6.45, 7) is 11.9. The van der Waals surface area contributed by atoms with E-state index < -0.39 is 8.56 Å². The summed E-state index contributed by atoms with van der Waals surface area (Å²) in [4.78, 5) is 0. The van der Waals surface area contributed by atoms with Crippen LogP contribution in [0.1, 0.15) is 41.5 Å². The van der Waals surface area contributed by atoms with E-state index in [9.17, 15) is 0 Å². The molecule has 0 radical (unpaired) electrons. The first-order chi connectivity index (χ1) is 13.0. The first-order valence-electron chi connectivity index (χ1n) is 9.15. The van der Waals surface area contributed by atoms with Crippen molar-refractivity contribution in [1.29, 1.82) is 0 Å². The lowest BCUT2D eigenvalue weighted by Gasteiger charge is -2.35. The molecule has 0 fully saturated rings. The zero-order chi connectivity index (χ0) is 21.0. The molecule has 5 heteroatoms. The van der Waals surface area contributed by atoms with Gasteiger partial charge < -0.3 is 18.3 Å². The van der Waals surface area contributed by atoms with Crippen LogP contribution in [0.25, 0.3) is 0 Å². The van der Waals surface area contributed by atoms with E-state index >= 15 is 0 Å². The maximum absolute atomic E-state index is 6.17. The van der Waals surface area contributed by atoms with Gasteiger partial charge in [0, 0.05) is 35.8 Å². The van der Waals surface area contributed by atoms with Crippen LogP contribution < -0.4 is 0 Å². The van der Waals surface area contributed by atoms with E-state index in [1.54, 1.807) is 28.4 Å². The second-order valence-corrected chi connectivity index (χ2v) is 8.68. The summed E-state index contributed by atoms with van der Waals surface area (Å²) in [5.41, 5.74) is 1.93. The van der Waals surface area contributed by atoms with Crippen molar-refractivity contribution in [1.82, 2.24) is 0 Å². The minimum absolute atomic E-state index is 0.784. The zero-order valence-corrected chi connectivity index (χ0v) is 19.6. The van der Waals surface area contributed by atoms with E-state index in [1.807, 2.05) is 65.8 Å². The van der Waals surface area contributed by atoms with Crippen LogP contribution in [0, 0.1) is 0 Å². The highest BCUT2D eigenvalue weighted by Gasteiger charge is 2.47. The third kappa shape index (κ3) is 5.12. The molecule has 152 valence electrons. The summed E-state index contributed by atoms with van der Waals surface area (Å²) in [5.74, 6) is 1.57. The Balaban J connectivity index is 6.85. The molecule has 0 saturated heterocycles. The first-order valence-corrected chi connectivity index (χ1v) is 11.0. The monoisotopic (exact) mass is 392 g/mol. The Hall–Kier alpha value is -1.82. The Morgan fingerprint density at radius 2 is 0.852 bits per heavy atom. The van der Waals surface area contributed by atoms with Crippen LogP contribution in [0.2, 0.25) is 0 Å². The van der Waals surface area contributed by atoms with E-state index in [2.05, 4.69) is 12.2 Å². The van der Waals surface area contributed by atoms with E-state index in [-0.39, 0.29) is 0 Å². The third-order valence-corrected chi connectivity index (χ3v) is 8.20. The van der Waals surface area contributed by atoms with Gasteiger partial charge in [0.05, 0.1) is 14.2 Å². The molecule has 0 aliphatic carbocycles. The maximum atomic E-state index is 6.17. The summed E-state index contributed by atoms with van der Waals surface area (Å²) in [6.07, 6.45) is 12.1. The number of hydrogen-bond acceptors (Lipinski definition) is 4. The standard InChI is InChI=1S/C22H36O4Si/c1-11-17(19(13-3)23-7)21(15-5)27(25-9,26-10)22(16-6)18(12-2)20(14-4)24-8/h11-16H,1-10H3. The van der Waals surface area contributed by atoms with Crippen molar-refractivity contribution in [3.8, 4) is 0 Å². The van der Waals surface area contributed by atoms with Crippen molar-refractivity contribution in [2.45, 2.75) is 41.5 Å². The second-order valence-electron chi connectivity index (χ2n) is 5.55. The van der Waals surface area contributed by atoms with E-state index in [4.69, 9.17) is 18.3 Å². The fourth-order valence-corrected chi connectivity index (χ4v) is 6.68. The molecule has 0 spiro atoms. The molecule has 0 atom stereocenters. The van der Waals surface area contributed by atoms with Gasteiger partial charge in [0.2, 0.25) is 0 Å². The molecule has 0 N–H and O–H groups in total. The molecule has 0 aromatic heterocycles. The van der Waals surface area contributed by atoms with Crippen LogP contribution in [-0.2, 0) is 18.3 Å². The Morgan fingerprint density at radius 3 is 1.00 bits per heavy atom. The molecule has 0 rings (SSSR count). The highest BCUT2D eigenvalue weighted by molar-refractivity contribution is 6.83. The van der Waals surface area contributed by atoms with Gasteiger partial charge in [-0.3, -0.25) is 0 Å². The Bertz CT molecular complexity index is 606. The molecule has 27 heavy (non-hydrogen) atoms. The number of ether oxygens (including phenoxy) is 2. The lowest BCUT2D eigenvalue weighted by Crippen LogP contribution is -2.47. The SMILES string of the molecule is CC=C(OC)C(=CC)C(=CC)[Si](OC)(OC)C(=CC)C(=CC)C(=CC)OC. The zero-order valence-electron chi connectivity index (χ0n) is 18.6. The molecule has 0 amide bonds. The Labute approximate surface area is 166 Å². The van der Waals surface area contributed by atoms with Crippen molar-refractivity contribution >= 4 is 8.56 Å². The highest BCUT2D eigenvalue weighted by atomic mass is 28.4. The van der Waals surface area contributed by atoms with Gasteiger partial charge >= 0.3 is 8.56 Å². The summed E-state index contributed by atoms with van der Waals surface area (Å²) in [7, 11) is 3.73. The van der Waals surface area contributed by atoms with Gasteiger partial charge in [0.15, 0.2) is 0 Å². The molecule has 0 bridgehead atoms. The first kappa shape index (κ1) is 25.2. The molecular weight excluding hydrogens is 356 g/mol. The predicted molar refractivity (Wildman–Crippen MR) is 116 cm³/mol. The normalized spacial score (nSPS) is 15.9. The average Bonchev–Trinajstić information content (AvgIpc) is 2.71. The lowest BCUT2D eigenvalue weighted by molar-refractivity contribution is 0.259. The topological polar surface area (TPSA) is 36.9 Å². The molecular formula is C22H36O4Si. The summed E-state index contributed by atoms with van der Waals surface area (Å²) < 4.78 is 23.5. The quantitative estimate of drug-likeness (QED) is 0.272. The summed E-state index contributed by atoms with van der Waals surface area (Å²) >= 11 is 0. The van der Waals surface area contributed by atoms with Crippen molar-refractivity contribution in [3.63, 3.8) is 0 Å². The van der Waals surface area contributed by atoms with E-state index in [0.29, 0.717) is 0 Å². The smallest absolute Gasteiger partial charge is 0.407 e. The Kier molecular flexibility index (Phi) is 11.7. The summed E-state index contributed by atoms with van der Waals surface area (Å²) in [5, 5.41) is 1.98. The predicted octanol–water partition coefficient (Wildman–Crippen LogP) is 5.69. The van der Waals surface area contributed by atoms with Gasteiger partial charge in [0.25, 0.3) is 0 Å². The highest BCUT2D eigenvalue weighted by Crippen LogP contribution is 2.38. The van der Waals surface area contributed by atoms with Crippen LogP contribution in [0.5, 0.6) is 0 Å². The van der Waals surface area contributed by atoms with Gasteiger partial charge in [-0.1, -0.05) is 24.3 Å². The molecule has 0 aromatic rings. The fraction of sp³-hybridized carbons (Fsp3) is 0.455. The molecule has 0 aliphatic heterocycles. The van der Waals surface area contributed by atoms with Gasteiger partial charge in [-0.15, -0.1) is 0 Å². The van der Waals surface area contributed by atoms with Gasteiger partial charge in [0.1, 0.15) is 11.5 Å². The molecule has 0 heterocycles. The van der Waals surface area contributed by atoms with Gasteiger partial charge in [-0.05, 0) is 53.7 Å². The number of rotatable bonds is 10. The second kappa shape index (κ2) is 12.5. The molecule has 0 saturated carbocycles. The minimum Gasteiger partial charge on any atom is -0.496 e. The number of methoxy groups -OCH3 is 2. The molecule has 4 nitrogen and oxygen atoms in total. The van der Waals surface area contributed by atoms with Crippen LogP contribution >= 0.6 is 0 Å².